The lowest BCUT2D eigenvalue weighted by Gasteiger charge is -2.34. The summed E-state index contributed by atoms with van der Waals surface area (Å²) >= 11 is 1.90. The molecule has 3 aliphatic heterocycles. The Bertz CT molecular complexity index is 672. The van der Waals surface area contributed by atoms with Crippen LogP contribution in [0.1, 0.15) is 32.6 Å². The number of hydrogen-bond donors (Lipinski definition) is 0. The molecule has 0 spiro atoms. The zero-order chi connectivity index (χ0) is 20.1. The molecule has 160 valence electrons. The van der Waals surface area contributed by atoms with Crippen molar-refractivity contribution in [1.82, 2.24) is 9.80 Å². The van der Waals surface area contributed by atoms with Crippen LogP contribution < -0.4 is 4.90 Å². The minimum absolute atomic E-state index is 0.263. The lowest BCUT2D eigenvalue weighted by Crippen LogP contribution is -2.44. The molecule has 1 aromatic carbocycles. The molecule has 0 bridgehead atoms. The van der Waals surface area contributed by atoms with Crippen LogP contribution >= 0.6 is 11.8 Å². The molecular weight excluding hydrogens is 382 g/mol. The Morgan fingerprint density at radius 1 is 1.03 bits per heavy atom. The van der Waals surface area contributed by atoms with E-state index in [1.807, 2.05) is 16.7 Å². The van der Waals surface area contributed by atoms with Gasteiger partial charge < -0.3 is 9.64 Å². The highest BCUT2D eigenvalue weighted by atomic mass is 32.2. The van der Waals surface area contributed by atoms with Gasteiger partial charge in [0.05, 0.1) is 25.4 Å². The molecule has 0 saturated carbocycles. The molecular formula is C23H35N3O2S. The molecule has 2 fully saturated rings. The van der Waals surface area contributed by atoms with Gasteiger partial charge in [-0.1, -0.05) is 19.1 Å². The molecule has 0 aromatic heterocycles. The number of likely N-dealkylation sites (tertiary alicyclic amines) is 1. The maximum absolute atomic E-state index is 13.2. The van der Waals surface area contributed by atoms with Gasteiger partial charge >= 0.3 is 0 Å². The van der Waals surface area contributed by atoms with Gasteiger partial charge in [-0.3, -0.25) is 14.6 Å². The average Bonchev–Trinajstić information content (AvgIpc) is 2.92. The zero-order valence-corrected chi connectivity index (χ0v) is 18.5. The Morgan fingerprint density at radius 2 is 1.79 bits per heavy atom. The summed E-state index contributed by atoms with van der Waals surface area (Å²) in [5, 5.41) is 0.552. The van der Waals surface area contributed by atoms with E-state index in [1.54, 1.807) is 0 Å². The van der Waals surface area contributed by atoms with Crippen molar-refractivity contribution in [2.75, 3.05) is 63.9 Å². The normalized spacial score (nSPS) is 24.9. The molecule has 0 aliphatic carbocycles. The highest BCUT2D eigenvalue weighted by molar-refractivity contribution is 8.00. The fraction of sp³-hybridized carbons (Fsp3) is 0.696. The molecule has 2 saturated heterocycles. The van der Waals surface area contributed by atoms with Gasteiger partial charge in [0.1, 0.15) is 0 Å². The molecule has 3 heterocycles. The maximum atomic E-state index is 13.2. The van der Waals surface area contributed by atoms with Crippen LogP contribution in [0, 0.1) is 5.92 Å². The van der Waals surface area contributed by atoms with E-state index >= 15 is 0 Å². The van der Waals surface area contributed by atoms with E-state index in [0.717, 1.165) is 64.0 Å². The van der Waals surface area contributed by atoms with Crippen LogP contribution in [0.25, 0.3) is 0 Å². The number of hydrogen-bond acceptors (Lipinski definition) is 5. The van der Waals surface area contributed by atoms with Crippen molar-refractivity contribution >= 4 is 23.4 Å². The third kappa shape index (κ3) is 5.75. The van der Waals surface area contributed by atoms with E-state index in [4.69, 9.17) is 4.74 Å². The second kappa shape index (κ2) is 10.3. The fourth-order valence-corrected chi connectivity index (χ4v) is 5.76. The topological polar surface area (TPSA) is 36.0 Å². The zero-order valence-electron chi connectivity index (χ0n) is 17.7. The molecule has 1 atom stereocenters. The van der Waals surface area contributed by atoms with Gasteiger partial charge in [-0.15, -0.1) is 11.8 Å². The molecule has 4 rings (SSSR count). The summed E-state index contributed by atoms with van der Waals surface area (Å²) in [4.78, 5) is 21.3. The van der Waals surface area contributed by atoms with Crippen LogP contribution in [-0.2, 0) is 9.53 Å². The molecule has 3 aliphatic rings. The molecule has 5 nitrogen and oxygen atoms in total. The number of carbonyl (C=O) groups excluding carboxylic acids is 1. The predicted molar refractivity (Wildman–Crippen MR) is 120 cm³/mol. The second-order valence-electron chi connectivity index (χ2n) is 8.69. The smallest absolute Gasteiger partial charge is 0.241 e. The quantitative estimate of drug-likeness (QED) is 0.734. The number of morpholine rings is 1. The standard InChI is InChI=1S/C23H35N3O2S/c1-19-6-13-26(21-4-2-3-5-22(21)29-19)23(27)18-25-11-8-20(9-12-25)7-10-24-14-16-28-17-15-24/h2-5,19-20H,6-18H2,1H3/t19-/m0/s1. The van der Waals surface area contributed by atoms with Crippen LogP contribution in [0.2, 0.25) is 0 Å². The van der Waals surface area contributed by atoms with Crippen LogP contribution in [0.4, 0.5) is 5.69 Å². The Balaban J connectivity index is 1.25. The Labute approximate surface area is 179 Å². The monoisotopic (exact) mass is 417 g/mol. The largest absolute Gasteiger partial charge is 0.379 e. The number of rotatable bonds is 5. The fourth-order valence-electron chi connectivity index (χ4n) is 4.65. The van der Waals surface area contributed by atoms with Gasteiger partial charge in [-0.05, 0) is 63.4 Å². The summed E-state index contributed by atoms with van der Waals surface area (Å²) in [6.07, 6.45) is 4.79. The second-order valence-corrected chi connectivity index (χ2v) is 10.2. The predicted octanol–water partition coefficient (Wildman–Crippen LogP) is 3.34. The molecule has 1 aromatic rings. The average molecular weight is 418 g/mol. The summed E-state index contributed by atoms with van der Waals surface area (Å²) in [7, 11) is 0. The van der Waals surface area contributed by atoms with E-state index in [2.05, 4.69) is 41.0 Å². The summed E-state index contributed by atoms with van der Waals surface area (Å²) in [6, 6.07) is 8.39. The van der Waals surface area contributed by atoms with Crippen molar-refractivity contribution in [3.8, 4) is 0 Å². The molecule has 6 heteroatoms. The number of fused-ring (bicyclic) bond motifs is 1. The van der Waals surface area contributed by atoms with Gasteiger partial charge in [-0.2, -0.15) is 0 Å². The molecule has 0 N–H and O–H groups in total. The lowest BCUT2D eigenvalue weighted by atomic mass is 9.93. The van der Waals surface area contributed by atoms with Crippen molar-refractivity contribution < 1.29 is 9.53 Å². The summed E-state index contributed by atoms with van der Waals surface area (Å²) in [5.41, 5.74) is 1.10. The summed E-state index contributed by atoms with van der Waals surface area (Å²) < 4.78 is 5.44. The number of ether oxygens (including phenoxy) is 1. The van der Waals surface area contributed by atoms with E-state index in [9.17, 15) is 4.79 Å². The Morgan fingerprint density at radius 3 is 2.59 bits per heavy atom. The van der Waals surface area contributed by atoms with Crippen LogP contribution in [0.3, 0.4) is 0 Å². The van der Waals surface area contributed by atoms with Crippen LogP contribution in [-0.4, -0.2) is 80.0 Å². The first kappa shape index (κ1) is 21.2. The van der Waals surface area contributed by atoms with Gasteiger partial charge in [0, 0.05) is 29.8 Å². The van der Waals surface area contributed by atoms with Crippen LogP contribution in [0.15, 0.2) is 29.2 Å². The first-order chi connectivity index (χ1) is 14.2. The van der Waals surface area contributed by atoms with E-state index in [1.165, 1.54) is 30.7 Å². The first-order valence-corrected chi connectivity index (χ1v) is 12.2. The van der Waals surface area contributed by atoms with E-state index in [0.29, 0.717) is 11.8 Å². The van der Waals surface area contributed by atoms with Crippen molar-refractivity contribution in [2.24, 2.45) is 5.92 Å². The van der Waals surface area contributed by atoms with Gasteiger partial charge in [0.25, 0.3) is 0 Å². The summed E-state index contributed by atoms with van der Waals surface area (Å²) in [5.74, 6) is 1.07. The molecule has 0 unspecified atom stereocenters. The third-order valence-electron chi connectivity index (χ3n) is 6.57. The first-order valence-electron chi connectivity index (χ1n) is 11.3. The van der Waals surface area contributed by atoms with Gasteiger partial charge in [0.2, 0.25) is 5.91 Å². The molecule has 1 amide bonds. The van der Waals surface area contributed by atoms with Crippen molar-refractivity contribution in [3.63, 3.8) is 0 Å². The number of amides is 1. The minimum Gasteiger partial charge on any atom is -0.379 e. The van der Waals surface area contributed by atoms with Gasteiger partial charge in [0.15, 0.2) is 0 Å². The van der Waals surface area contributed by atoms with E-state index < -0.39 is 0 Å². The third-order valence-corrected chi connectivity index (χ3v) is 7.81. The van der Waals surface area contributed by atoms with Crippen molar-refractivity contribution in [3.05, 3.63) is 24.3 Å². The maximum Gasteiger partial charge on any atom is 0.241 e. The number of nitrogens with zero attached hydrogens (tertiary/aromatic N) is 3. The Hall–Kier alpha value is -1.08. The van der Waals surface area contributed by atoms with E-state index in [-0.39, 0.29) is 5.91 Å². The highest BCUT2D eigenvalue weighted by Gasteiger charge is 2.27. The lowest BCUT2D eigenvalue weighted by molar-refractivity contribution is -0.120. The highest BCUT2D eigenvalue weighted by Crippen LogP contribution is 2.37. The van der Waals surface area contributed by atoms with Gasteiger partial charge in [-0.25, -0.2) is 0 Å². The SMILES string of the molecule is C[C@H]1CCN(C(=O)CN2CCC(CCN3CCOCC3)CC2)c2ccccc2S1. The number of benzene rings is 1. The minimum atomic E-state index is 0.263. The Kier molecular flexibility index (Phi) is 7.51. The number of piperidine rings is 1. The number of para-hydroxylation sites is 1. The van der Waals surface area contributed by atoms with Crippen molar-refractivity contribution in [2.45, 2.75) is 42.8 Å². The van der Waals surface area contributed by atoms with Crippen molar-refractivity contribution in [1.29, 1.82) is 0 Å². The molecule has 29 heavy (non-hydrogen) atoms. The van der Waals surface area contributed by atoms with Crippen LogP contribution in [0.5, 0.6) is 0 Å². The molecule has 0 radical (unpaired) electrons. The number of carbonyl (C=O) groups is 1. The summed E-state index contributed by atoms with van der Waals surface area (Å²) in [6.45, 7) is 10.9. The number of thioether (sulfide) groups is 1. The number of anilines is 1.